The van der Waals surface area contributed by atoms with Gasteiger partial charge in [-0.1, -0.05) is 67.4 Å². The molecule has 0 aliphatic carbocycles. The van der Waals surface area contributed by atoms with E-state index in [0.717, 1.165) is 28.2 Å². The van der Waals surface area contributed by atoms with Gasteiger partial charge in [-0.2, -0.15) is 5.26 Å². The van der Waals surface area contributed by atoms with Crippen molar-refractivity contribution in [1.82, 2.24) is 4.98 Å². The van der Waals surface area contributed by atoms with Gasteiger partial charge in [0.1, 0.15) is 11.1 Å². The van der Waals surface area contributed by atoms with Gasteiger partial charge >= 0.3 is 0 Å². The van der Waals surface area contributed by atoms with E-state index >= 15 is 0 Å². The lowest BCUT2D eigenvalue weighted by Gasteiger charge is -2.01. The fourth-order valence-corrected chi connectivity index (χ4v) is 3.52. The van der Waals surface area contributed by atoms with Crippen LogP contribution in [-0.4, -0.2) is 4.98 Å². The molecule has 1 aromatic heterocycles. The van der Waals surface area contributed by atoms with E-state index in [1.807, 2.05) is 11.5 Å². The van der Waals surface area contributed by atoms with E-state index in [-0.39, 0.29) is 0 Å². The maximum Gasteiger partial charge on any atom is 0.134 e. The SMILES string of the molecule is CCCCc1ccc(C=C(C#N)c2nc(-c3ccc(C)cc3)cs2)cc1. The van der Waals surface area contributed by atoms with E-state index in [1.54, 1.807) is 0 Å². The molecule has 2 aromatic carbocycles. The van der Waals surface area contributed by atoms with Crippen LogP contribution in [-0.2, 0) is 6.42 Å². The number of nitrogens with zero attached hydrogens (tertiary/aromatic N) is 2. The highest BCUT2D eigenvalue weighted by Crippen LogP contribution is 2.27. The summed E-state index contributed by atoms with van der Waals surface area (Å²) in [6.07, 6.45) is 5.44. The van der Waals surface area contributed by atoms with Crippen LogP contribution in [0.1, 0.15) is 41.5 Å². The Morgan fingerprint density at radius 1 is 1.12 bits per heavy atom. The lowest BCUT2D eigenvalue weighted by molar-refractivity contribution is 0.795. The molecular weight excluding hydrogens is 336 g/mol. The second-order valence-corrected chi connectivity index (χ2v) is 7.28. The van der Waals surface area contributed by atoms with Crippen molar-refractivity contribution in [2.45, 2.75) is 33.1 Å². The first kappa shape index (κ1) is 18.1. The summed E-state index contributed by atoms with van der Waals surface area (Å²) in [6.45, 7) is 4.27. The van der Waals surface area contributed by atoms with Gasteiger partial charge in [-0.25, -0.2) is 4.98 Å². The van der Waals surface area contributed by atoms with E-state index in [9.17, 15) is 5.26 Å². The molecular formula is C23H22N2S. The van der Waals surface area contributed by atoms with Crippen molar-refractivity contribution < 1.29 is 0 Å². The number of allylic oxidation sites excluding steroid dienone is 1. The molecule has 130 valence electrons. The number of nitriles is 1. The predicted octanol–water partition coefficient (Wildman–Crippen LogP) is 6.53. The van der Waals surface area contributed by atoms with Crippen LogP contribution in [0.3, 0.4) is 0 Å². The van der Waals surface area contributed by atoms with E-state index in [2.05, 4.69) is 73.4 Å². The first-order chi connectivity index (χ1) is 12.7. The van der Waals surface area contributed by atoms with Gasteiger partial charge in [0.25, 0.3) is 0 Å². The van der Waals surface area contributed by atoms with Crippen LogP contribution in [0.2, 0.25) is 0 Å². The van der Waals surface area contributed by atoms with Gasteiger partial charge in [-0.3, -0.25) is 0 Å². The number of aryl methyl sites for hydroxylation is 2. The summed E-state index contributed by atoms with van der Waals surface area (Å²) < 4.78 is 0. The fraction of sp³-hybridized carbons (Fsp3) is 0.217. The Bertz CT molecular complexity index is 926. The van der Waals surface area contributed by atoms with Crippen molar-refractivity contribution in [2.24, 2.45) is 0 Å². The molecule has 0 unspecified atom stereocenters. The van der Waals surface area contributed by atoms with Crippen LogP contribution in [0.4, 0.5) is 0 Å². The van der Waals surface area contributed by atoms with E-state index in [0.29, 0.717) is 5.57 Å². The van der Waals surface area contributed by atoms with E-state index in [4.69, 9.17) is 0 Å². The van der Waals surface area contributed by atoms with Crippen LogP contribution in [0, 0.1) is 18.3 Å². The highest BCUT2D eigenvalue weighted by molar-refractivity contribution is 7.11. The maximum atomic E-state index is 9.58. The third-order valence-corrected chi connectivity index (χ3v) is 5.19. The third-order valence-electron chi connectivity index (χ3n) is 4.31. The molecule has 26 heavy (non-hydrogen) atoms. The van der Waals surface area contributed by atoms with Gasteiger partial charge < -0.3 is 0 Å². The summed E-state index contributed by atoms with van der Waals surface area (Å²) in [4.78, 5) is 4.66. The van der Waals surface area contributed by atoms with Crippen molar-refractivity contribution in [3.63, 3.8) is 0 Å². The largest absolute Gasteiger partial charge is 0.235 e. The van der Waals surface area contributed by atoms with Crippen LogP contribution in [0.15, 0.2) is 53.9 Å². The minimum Gasteiger partial charge on any atom is -0.235 e. The molecule has 0 atom stereocenters. The molecule has 0 saturated heterocycles. The average Bonchev–Trinajstić information content (AvgIpc) is 3.16. The molecule has 0 radical (unpaired) electrons. The number of hydrogen-bond donors (Lipinski definition) is 0. The normalized spacial score (nSPS) is 11.3. The van der Waals surface area contributed by atoms with Crippen molar-refractivity contribution >= 4 is 23.0 Å². The molecule has 1 heterocycles. The summed E-state index contributed by atoms with van der Waals surface area (Å²) in [7, 11) is 0. The Labute approximate surface area is 159 Å². The molecule has 0 bridgehead atoms. The maximum absolute atomic E-state index is 9.58. The number of benzene rings is 2. The molecule has 2 nitrogen and oxygen atoms in total. The van der Waals surface area contributed by atoms with Crippen molar-refractivity contribution in [1.29, 1.82) is 5.26 Å². The van der Waals surface area contributed by atoms with Crippen LogP contribution >= 0.6 is 11.3 Å². The lowest BCUT2D eigenvalue weighted by Crippen LogP contribution is -1.86. The Kier molecular flexibility index (Phi) is 5.99. The van der Waals surface area contributed by atoms with Crippen LogP contribution in [0.25, 0.3) is 22.9 Å². The number of aromatic nitrogens is 1. The van der Waals surface area contributed by atoms with Crippen LogP contribution < -0.4 is 0 Å². The minimum absolute atomic E-state index is 0.606. The minimum atomic E-state index is 0.606. The number of hydrogen-bond acceptors (Lipinski definition) is 3. The molecule has 0 N–H and O–H groups in total. The molecule has 0 aliphatic rings. The third kappa shape index (κ3) is 4.47. The van der Waals surface area contributed by atoms with Gasteiger partial charge in [0, 0.05) is 10.9 Å². The molecule has 3 aromatic rings. The summed E-state index contributed by atoms with van der Waals surface area (Å²) in [5, 5.41) is 12.4. The zero-order chi connectivity index (χ0) is 18.4. The first-order valence-electron chi connectivity index (χ1n) is 8.93. The standard InChI is InChI=1S/C23H22N2S/c1-3-4-5-18-8-10-19(11-9-18)14-21(15-24)23-25-22(16-26-23)20-12-6-17(2)7-13-20/h6-14,16H,3-5H2,1-2H3. The smallest absolute Gasteiger partial charge is 0.134 e. The predicted molar refractivity (Wildman–Crippen MR) is 111 cm³/mol. The first-order valence-corrected chi connectivity index (χ1v) is 9.81. The summed E-state index contributed by atoms with van der Waals surface area (Å²) in [6, 6.07) is 19.1. The van der Waals surface area contributed by atoms with Crippen molar-refractivity contribution in [3.8, 4) is 17.3 Å². The summed E-state index contributed by atoms with van der Waals surface area (Å²) in [5.74, 6) is 0. The van der Waals surface area contributed by atoms with Gasteiger partial charge in [0.15, 0.2) is 0 Å². The highest BCUT2D eigenvalue weighted by atomic mass is 32.1. The molecule has 3 rings (SSSR count). The van der Waals surface area contributed by atoms with Gasteiger partial charge in [-0.15, -0.1) is 11.3 Å². The second kappa shape index (κ2) is 8.60. The van der Waals surface area contributed by atoms with Crippen LogP contribution in [0.5, 0.6) is 0 Å². The quantitative estimate of drug-likeness (QED) is 0.470. The topological polar surface area (TPSA) is 36.7 Å². The molecule has 0 amide bonds. The van der Waals surface area contributed by atoms with Crippen molar-refractivity contribution in [2.75, 3.05) is 0 Å². The van der Waals surface area contributed by atoms with E-state index < -0.39 is 0 Å². The lowest BCUT2D eigenvalue weighted by atomic mass is 10.1. The van der Waals surface area contributed by atoms with Gasteiger partial charge in [-0.05, 0) is 37.0 Å². The Hall–Kier alpha value is -2.70. The molecule has 0 saturated carbocycles. The Morgan fingerprint density at radius 2 is 1.85 bits per heavy atom. The summed E-state index contributed by atoms with van der Waals surface area (Å²) in [5.41, 5.74) is 6.21. The fourth-order valence-electron chi connectivity index (χ4n) is 2.72. The molecule has 0 aliphatic heterocycles. The number of thiazole rings is 1. The summed E-state index contributed by atoms with van der Waals surface area (Å²) >= 11 is 1.51. The van der Waals surface area contributed by atoms with Crippen molar-refractivity contribution in [3.05, 3.63) is 75.6 Å². The monoisotopic (exact) mass is 358 g/mol. The number of rotatable bonds is 6. The zero-order valence-corrected chi connectivity index (χ0v) is 16.0. The average molecular weight is 359 g/mol. The zero-order valence-electron chi connectivity index (χ0n) is 15.2. The van der Waals surface area contributed by atoms with E-state index in [1.165, 1.54) is 35.3 Å². The molecule has 0 fully saturated rings. The highest BCUT2D eigenvalue weighted by Gasteiger charge is 2.09. The second-order valence-electron chi connectivity index (χ2n) is 6.42. The number of unbranched alkanes of at least 4 members (excludes halogenated alkanes) is 1. The molecule has 3 heteroatoms. The molecule has 0 spiro atoms. The van der Waals surface area contributed by atoms with Gasteiger partial charge in [0.2, 0.25) is 0 Å². The Morgan fingerprint density at radius 3 is 2.50 bits per heavy atom. The Balaban J connectivity index is 1.81. The van der Waals surface area contributed by atoms with Gasteiger partial charge in [0.05, 0.1) is 11.3 Å².